The summed E-state index contributed by atoms with van der Waals surface area (Å²) in [6, 6.07) is 8.69. The van der Waals surface area contributed by atoms with Gasteiger partial charge < -0.3 is 10.1 Å². The predicted molar refractivity (Wildman–Crippen MR) is 113 cm³/mol. The number of nitro benzene ring substituents is 1. The zero-order valence-corrected chi connectivity index (χ0v) is 17.2. The third kappa shape index (κ3) is 5.82. The van der Waals surface area contributed by atoms with Crippen LogP contribution in [0.3, 0.4) is 0 Å². The van der Waals surface area contributed by atoms with Crippen LogP contribution in [-0.2, 0) is 0 Å². The first-order chi connectivity index (χ1) is 13.9. The van der Waals surface area contributed by atoms with E-state index >= 15 is 0 Å². The molecule has 1 aliphatic heterocycles. The van der Waals surface area contributed by atoms with Crippen molar-refractivity contribution in [2.75, 3.05) is 31.6 Å². The van der Waals surface area contributed by atoms with E-state index in [1.807, 2.05) is 0 Å². The highest BCUT2D eigenvalue weighted by Crippen LogP contribution is 2.29. The highest BCUT2D eigenvalue weighted by Gasteiger charge is 2.17. The summed E-state index contributed by atoms with van der Waals surface area (Å²) >= 11 is 12.1. The number of rotatable bonds is 7. The van der Waals surface area contributed by atoms with Crippen LogP contribution in [0.5, 0.6) is 5.75 Å². The number of non-ortho nitro benzene ring substituents is 1. The van der Waals surface area contributed by atoms with Crippen LogP contribution in [0.15, 0.2) is 36.4 Å². The Morgan fingerprint density at radius 3 is 2.59 bits per heavy atom. The molecule has 2 aromatic carbocycles. The minimum Gasteiger partial charge on any atom is -0.491 e. The molecule has 1 saturated heterocycles. The van der Waals surface area contributed by atoms with E-state index in [4.69, 9.17) is 27.9 Å². The molecule has 0 unspecified atom stereocenters. The number of amides is 1. The fraction of sp³-hybridized carbons (Fsp3) is 0.350. The van der Waals surface area contributed by atoms with Gasteiger partial charge in [0, 0.05) is 23.7 Å². The van der Waals surface area contributed by atoms with Crippen molar-refractivity contribution < 1.29 is 14.5 Å². The van der Waals surface area contributed by atoms with Crippen molar-refractivity contribution in [2.24, 2.45) is 0 Å². The number of piperidine rings is 1. The SMILES string of the molecule is O=C(Nc1ccc([N+](=O)[O-])cc1Cl)c1cc(Cl)ccc1OCCN1CCCCC1. The van der Waals surface area contributed by atoms with Gasteiger partial charge in [0.25, 0.3) is 11.6 Å². The summed E-state index contributed by atoms with van der Waals surface area (Å²) in [5.74, 6) is -0.0434. The molecule has 1 amide bonds. The third-order valence-electron chi connectivity index (χ3n) is 4.71. The lowest BCUT2D eigenvalue weighted by Gasteiger charge is -2.26. The van der Waals surface area contributed by atoms with Gasteiger partial charge in [-0.25, -0.2) is 0 Å². The second-order valence-corrected chi connectivity index (χ2v) is 7.61. The average molecular weight is 438 g/mol. The van der Waals surface area contributed by atoms with E-state index in [1.165, 1.54) is 43.5 Å². The van der Waals surface area contributed by atoms with E-state index in [9.17, 15) is 14.9 Å². The molecule has 29 heavy (non-hydrogen) atoms. The Morgan fingerprint density at radius 2 is 1.90 bits per heavy atom. The van der Waals surface area contributed by atoms with Gasteiger partial charge in [0.1, 0.15) is 12.4 Å². The summed E-state index contributed by atoms with van der Waals surface area (Å²) in [6.07, 6.45) is 3.67. The highest BCUT2D eigenvalue weighted by molar-refractivity contribution is 6.34. The van der Waals surface area contributed by atoms with Gasteiger partial charge in [-0.1, -0.05) is 29.6 Å². The smallest absolute Gasteiger partial charge is 0.271 e. The van der Waals surface area contributed by atoms with Gasteiger partial charge in [-0.2, -0.15) is 0 Å². The van der Waals surface area contributed by atoms with E-state index in [0.717, 1.165) is 19.6 Å². The molecule has 2 aromatic rings. The zero-order chi connectivity index (χ0) is 20.8. The molecule has 0 aromatic heterocycles. The van der Waals surface area contributed by atoms with Crippen LogP contribution in [-0.4, -0.2) is 42.0 Å². The topological polar surface area (TPSA) is 84.7 Å². The van der Waals surface area contributed by atoms with E-state index in [2.05, 4.69) is 10.2 Å². The Hall–Kier alpha value is -2.35. The van der Waals surface area contributed by atoms with Crippen LogP contribution in [0.4, 0.5) is 11.4 Å². The van der Waals surface area contributed by atoms with Gasteiger partial charge in [-0.05, 0) is 50.2 Å². The van der Waals surface area contributed by atoms with E-state index in [-0.39, 0.29) is 22.0 Å². The number of ether oxygens (including phenoxy) is 1. The van der Waals surface area contributed by atoms with Gasteiger partial charge >= 0.3 is 0 Å². The van der Waals surface area contributed by atoms with Crippen LogP contribution < -0.4 is 10.1 Å². The third-order valence-corrected chi connectivity index (χ3v) is 5.26. The normalized spacial score (nSPS) is 14.4. The molecule has 7 nitrogen and oxygen atoms in total. The zero-order valence-electron chi connectivity index (χ0n) is 15.7. The molecule has 0 spiro atoms. The van der Waals surface area contributed by atoms with E-state index in [1.54, 1.807) is 12.1 Å². The van der Waals surface area contributed by atoms with Gasteiger partial charge in [0.15, 0.2) is 0 Å². The number of nitrogens with zero attached hydrogens (tertiary/aromatic N) is 2. The Labute approximate surface area is 178 Å². The van der Waals surface area contributed by atoms with Gasteiger partial charge in [0.05, 0.1) is 21.2 Å². The number of carbonyl (C=O) groups excluding carboxylic acids is 1. The number of halogens is 2. The maximum atomic E-state index is 12.8. The van der Waals surface area contributed by atoms with Gasteiger partial charge in [-0.15, -0.1) is 0 Å². The number of benzene rings is 2. The lowest BCUT2D eigenvalue weighted by atomic mass is 10.1. The maximum Gasteiger partial charge on any atom is 0.271 e. The van der Waals surface area contributed by atoms with E-state index in [0.29, 0.717) is 17.4 Å². The quantitative estimate of drug-likeness (QED) is 0.485. The van der Waals surface area contributed by atoms with Crippen LogP contribution >= 0.6 is 23.2 Å². The number of hydrogen-bond donors (Lipinski definition) is 1. The number of likely N-dealkylation sites (tertiary alicyclic amines) is 1. The maximum absolute atomic E-state index is 12.8. The lowest BCUT2D eigenvalue weighted by Crippen LogP contribution is -2.33. The van der Waals surface area contributed by atoms with Crippen molar-refractivity contribution in [3.8, 4) is 5.75 Å². The molecule has 1 heterocycles. The fourth-order valence-electron chi connectivity index (χ4n) is 3.18. The number of anilines is 1. The molecule has 9 heteroatoms. The molecule has 0 radical (unpaired) electrons. The molecule has 1 N–H and O–H groups in total. The predicted octanol–water partition coefficient (Wildman–Crippen LogP) is 5.02. The summed E-state index contributed by atoms with van der Waals surface area (Å²) < 4.78 is 5.85. The van der Waals surface area contributed by atoms with E-state index < -0.39 is 10.8 Å². The van der Waals surface area contributed by atoms with Crippen molar-refractivity contribution in [1.29, 1.82) is 0 Å². The Kier molecular flexibility index (Phi) is 7.30. The molecular weight excluding hydrogens is 417 g/mol. The molecule has 1 aliphatic rings. The fourth-order valence-corrected chi connectivity index (χ4v) is 3.58. The molecule has 3 rings (SSSR count). The second-order valence-electron chi connectivity index (χ2n) is 6.77. The largest absolute Gasteiger partial charge is 0.491 e. The molecule has 0 saturated carbocycles. The molecule has 0 aliphatic carbocycles. The van der Waals surface area contributed by atoms with Crippen molar-refractivity contribution in [3.63, 3.8) is 0 Å². The van der Waals surface area contributed by atoms with Crippen molar-refractivity contribution in [3.05, 3.63) is 62.1 Å². The van der Waals surface area contributed by atoms with Crippen LogP contribution in [0.25, 0.3) is 0 Å². The first kappa shape index (κ1) is 21.4. The van der Waals surface area contributed by atoms with Crippen LogP contribution in [0.2, 0.25) is 10.0 Å². The lowest BCUT2D eigenvalue weighted by molar-refractivity contribution is -0.384. The number of nitro groups is 1. The molecule has 0 bridgehead atoms. The summed E-state index contributed by atoms with van der Waals surface area (Å²) in [5, 5.41) is 14.0. The standard InChI is InChI=1S/C20H21Cl2N3O4/c21-14-4-7-19(29-11-10-24-8-2-1-3-9-24)16(12-14)20(26)23-18-6-5-15(25(27)28)13-17(18)22/h4-7,12-13H,1-3,8-11H2,(H,23,26). The summed E-state index contributed by atoms with van der Waals surface area (Å²) in [7, 11) is 0. The minimum absolute atomic E-state index is 0.0714. The first-order valence-electron chi connectivity index (χ1n) is 9.34. The Bertz CT molecular complexity index is 901. The molecular formula is C20H21Cl2N3O4. The first-order valence-corrected chi connectivity index (χ1v) is 10.1. The highest BCUT2D eigenvalue weighted by atomic mass is 35.5. The molecule has 0 atom stereocenters. The number of carbonyl (C=O) groups is 1. The Morgan fingerprint density at radius 1 is 1.14 bits per heavy atom. The summed E-state index contributed by atoms with van der Waals surface area (Å²) in [4.78, 5) is 25.4. The summed E-state index contributed by atoms with van der Waals surface area (Å²) in [6.45, 7) is 3.38. The molecule has 154 valence electrons. The monoisotopic (exact) mass is 437 g/mol. The molecule has 1 fully saturated rings. The second kappa shape index (κ2) is 9.91. The van der Waals surface area contributed by atoms with Crippen LogP contribution in [0, 0.1) is 10.1 Å². The summed E-state index contributed by atoms with van der Waals surface area (Å²) in [5.41, 5.74) is 0.379. The Balaban J connectivity index is 1.69. The number of hydrogen-bond acceptors (Lipinski definition) is 5. The van der Waals surface area contributed by atoms with Crippen molar-refractivity contribution in [2.45, 2.75) is 19.3 Å². The van der Waals surface area contributed by atoms with Crippen LogP contribution in [0.1, 0.15) is 29.6 Å². The van der Waals surface area contributed by atoms with Gasteiger partial charge in [0.2, 0.25) is 0 Å². The van der Waals surface area contributed by atoms with Crippen molar-refractivity contribution >= 4 is 40.5 Å². The minimum atomic E-state index is -0.553. The van der Waals surface area contributed by atoms with Gasteiger partial charge in [-0.3, -0.25) is 19.8 Å². The number of nitrogens with one attached hydrogen (secondary N) is 1. The van der Waals surface area contributed by atoms with Crippen molar-refractivity contribution in [1.82, 2.24) is 4.90 Å². The average Bonchev–Trinajstić information content (AvgIpc) is 2.71.